The number of aromatic nitrogens is 1. The number of fused-ring (bicyclic) bond motifs is 1. The summed E-state index contributed by atoms with van der Waals surface area (Å²) in [6.07, 6.45) is 0.561. The molecule has 1 aromatic carbocycles. The normalized spacial score (nSPS) is 18.2. The van der Waals surface area contributed by atoms with E-state index in [1.165, 1.54) is 6.07 Å². The van der Waals surface area contributed by atoms with Gasteiger partial charge in [0.05, 0.1) is 11.5 Å². The zero-order chi connectivity index (χ0) is 20.8. The molecule has 4 rings (SSSR count). The molecule has 152 valence electrons. The molecule has 0 amide bonds. The number of Topliss-reactive ketones (excluding diaryl/α,β-unsaturated/α-hetero) is 1. The summed E-state index contributed by atoms with van der Waals surface area (Å²) in [5.41, 5.74) is 2.08. The molecular formula is C21H21NO6S. The summed E-state index contributed by atoms with van der Waals surface area (Å²) in [5.74, 6) is 0.519. The van der Waals surface area contributed by atoms with Crippen molar-refractivity contribution in [2.24, 2.45) is 0 Å². The van der Waals surface area contributed by atoms with Crippen LogP contribution < -0.4 is 10.4 Å². The first-order valence-electron chi connectivity index (χ1n) is 9.32. The zero-order valence-electron chi connectivity index (χ0n) is 16.2. The van der Waals surface area contributed by atoms with Crippen molar-refractivity contribution in [2.45, 2.75) is 26.3 Å². The van der Waals surface area contributed by atoms with Crippen LogP contribution in [-0.4, -0.2) is 36.9 Å². The van der Waals surface area contributed by atoms with Crippen molar-refractivity contribution in [2.75, 3.05) is 18.1 Å². The second kappa shape index (κ2) is 7.18. The van der Waals surface area contributed by atoms with Crippen LogP contribution in [0, 0.1) is 13.8 Å². The number of hydrogen-bond acceptors (Lipinski definition) is 6. The molecule has 29 heavy (non-hydrogen) atoms. The first-order chi connectivity index (χ1) is 13.7. The molecule has 0 saturated carbocycles. The van der Waals surface area contributed by atoms with Gasteiger partial charge in [0, 0.05) is 40.5 Å². The van der Waals surface area contributed by atoms with Gasteiger partial charge >= 0.3 is 5.63 Å². The molecule has 1 saturated heterocycles. The van der Waals surface area contributed by atoms with Crippen molar-refractivity contribution < 1.29 is 22.4 Å². The Labute approximate surface area is 167 Å². The number of rotatable bonds is 5. The van der Waals surface area contributed by atoms with Gasteiger partial charge in [-0.15, -0.1) is 0 Å². The second-order valence-electron chi connectivity index (χ2n) is 7.38. The van der Waals surface area contributed by atoms with Crippen LogP contribution in [-0.2, 0) is 9.84 Å². The molecule has 0 aliphatic carbocycles. The van der Waals surface area contributed by atoms with Crippen LogP contribution in [0.4, 0.5) is 0 Å². The van der Waals surface area contributed by atoms with E-state index in [2.05, 4.69) is 0 Å². The van der Waals surface area contributed by atoms with E-state index >= 15 is 0 Å². The number of ketones is 1. The molecule has 0 N–H and O–H groups in total. The highest BCUT2D eigenvalue weighted by atomic mass is 32.2. The quantitative estimate of drug-likeness (QED) is 0.470. The number of benzene rings is 1. The molecule has 8 heteroatoms. The highest BCUT2D eigenvalue weighted by Crippen LogP contribution is 2.29. The van der Waals surface area contributed by atoms with Gasteiger partial charge in [0.1, 0.15) is 11.3 Å². The molecule has 1 atom stereocenters. The largest absolute Gasteiger partial charge is 0.485 e. The molecular weight excluding hydrogens is 394 g/mol. The fraction of sp³-hybridized carbons (Fsp3) is 0.333. The SMILES string of the molecule is Cc1cc(C(=O)COc2ccc3ccc(=O)oc3c2)c(C)n1C1CCS(=O)(=O)C1. The van der Waals surface area contributed by atoms with Crippen LogP contribution in [0.1, 0.15) is 34.2 Å². The maximum Gasteiger partial charge on any atom is 0.336 e. The van der Waals surface area contributed by atoms with Crippen LogP contribution in [0.5, 0.6) is 5.75 Å². The van der Waals surface area contributed by atoms with E-state index < -0.39 is 15.5 Å². The Kier molecular flexibility index (Phi) is 4.82. The monoisotopic (exact) mass is 415 g/mol. The predicted molar refractivity (Wildman–Crippen MR) is 109 cm³/mol. The van der Waals surface area contributed by atoms with Gasteiger partial charge in [-0.05, 0) is 44.5 Å². The Morgan fingerprint density at radius 2 is 1.97 bits per heavy atom. The minimum atomic E-state index is -3.02. The highest BCUT2D eigenvalue weighted by molar-refractivity contribution is 7.91. The van der Waals surface area contributed by atoms with Crippen LogP contribution in [0.3, 0.4) is 0 Å². The number of carbonyl (C=O) groups is 1. The average Bonchev–Trinajstić information content (AvgIpc) is 3.17. The summed E-state index contributed by atoms with van der Waals surface area (Å²) >= 11 is 0. The molecule has 7 nitrogen and oxygen atoms in total. The molecule has 1 aliphatic rings. The molecule has 0 radical (unpaired) electrons. The average molecular weight is 415 g/mol. The minimum Gasteiger partial charge on any atom is -0.485 e. The van der Waals surface area contributed by atoms with Gasteiger partial charge < -0.3 is 13.7 Å². The van der Waals surface area contributed by atoms with Crippen LogP contribution in [0.25, 0.3) is 11.0 Å². The highest BCUT2D eigenvalue weighted by Gasteiger charge is 2.31. The van der Waals surface area contributed by atoms with E-state index in [1.807, 2.05) is 18.4 Å². The third-order valence-corrected chi connectivity index (χ3v) is 7.07. The van der Waals surface area contributed by atoms with Gasteiger partial charge in [-0.25, -0.2) is 13.2 Å². The Balaban J connectivity index is 1.52. The van der Waals surface area contributed by atoms with E-state index in [4.69, 9.17) is 9.15 Å². The fourth-order valence-corrected chi connectivity index (χ4v) is 5.66. The van der Waals surface area contributed by atoms with Crippen LogP contribution >= 0.6 is 0 Å². The zero-order valence-corrected chi connectivity index (χ0v) is 17.0. The Morgan fingerprint density at radius 1 is 1.21 bits per heavy atom. The van der Waals surface area contributed by atoms with Gasteiger partial charge in [-0.2, -0.15) is 0 Å². The van der Waals surface area contributed by atoms with E-state index in [9.17, 15) is 18.0 Å². The number of carbonyl (C=O) groups excluding carboxylic acids is 1. The standard InChI is InChI=1S/C21H21NO6S/c1-13-9-18(14(2)22(13)16-7-8-29(25,26)12-16)19(23)11-27-17-5-3-15-4-6-21(24)28-20(15)10-17/h3-6,9-10,16H,7-8,11-12H2,1-2H3. The number of aryl methyl sites for hydroxylation is 1. The molecule has 0 spiro atoms. The molecule has 1 unspecified atom stereocenters. The van der Waals surface area contributed by atoms with Gasteiger partial charge in [-0.1, -0.05) is 0 Å². The van der Waals surface area contributed by atoms with Crippen molar-refractivity contribution in [1.29, 1.82) is 0 Å². The lowest BCUT2D eigenvalue weighted by Crippen LogP contribution is -2.16. The van der Waals surface area contributed by atoms with E-state index in [1.54, 1.807) is 30.3 Å². The van der Waals surface area contributed by atoms with Gasteiger partial charge in [0.25, 0.3) is 0 Å². The molecule has 3 aromatic rings. The number of ether oxygens (including phenoxy) is 1. The maximum atomic E-state index is 12.7. The minimum absolute atomic E-state index is 0.107. The molecule has 3 heterocycles. The fourth-order valence-electron chi connectivity index (χ4n) is 3.96. The molecule has 1 fully saturated rings. The second-order valence-corrected chi connectivity index (χ2v) is 9.61. The van der Waals surface area contributed by atoms with Crippen molar-refractivity contribution in [1.82, 2.24) is 4.57 Å². The van der Waals surface area contributed by atoms with Crippen LogP contribution in [0.15, 0.2) is 45.6 Å². The van der Waals surface area contributed by atoms with Crippen molar-refractivity contribution in [3.8, 4) is 5.75 Å². The number of hydrogen-bond donors (Lipinski definition) is 0. The smallest absolute Gasteiger partial charge is 0.336 e. The Hall–Kier alpha value is -2.87. The predicted octanol–water partition coefficient (Wildman–Crippen LogP) is 2.83. The first kappa shape index (κ1) is 19.4. The van der Waals surface area contributed by atoms with Gasteiger partial charge in [0.2, 0.25) is 5.78 Å². The van der Waals surface area contributed by atoms with Crippen molar-refractivity contribution >= 4 is 26.6 Å². The Morgan fingerprint density at radius 3 is 2.69 bits per heavy atom. The van der Waals surface area contributed by atoms with E-state index in [0.29, 0.717) is 23.3 Å². The lowest BCUT2D eigenvalue weighted by atomic mass is 10.1. The van der Waals surface area contributed by atoms with Gasteiger partial charge in [-0.3, -0.25) is 4.79 Å². The number of nitrogens with zero attached hydrogens (tertiary/aromatic N) is 1. The van der Waals surface area contributed by atoms with Crippen LogP contribution in [0.2, 0.25) is 0 Å². The summed E-state index contributed by atoms with van der Waals surface area (Å²) in [6.45, 7) is 3.53. The first-order valence-corrected chi connectivity index (χ1v) is 11.1. The lowest BCUT2D eigenvalue weighted by molar-refractivity contribution is 0.0920. The number of sulfone groups is 1. The lowest BCUT2D eigenvalue weighted by Gasteiger charge is -2.16. The Bertz CT molecular complexity index is 1270. The topological polar surface area (TPSA) is 95.6 Å². The van der Waals surface area contributed by atoms with Crippen molar-refractivity contribution in [3.63, 3.8) is 0 Å². The third kappa shape index (κ3) is 3.85. The maximum absolute atomic E-state index is 12.7. The van der Waals surface area contributed by atoms with Gasteiger partial charge in [0.15, 0.2) is 16.4 Å². The van der Waals surface area contributed by atoms with Crippen molar-refractivity contribution in [3.05, 3.63) is 63.8 Å². The third-order valence-electron chi connectivity index (χ3n) is 5.32. The van der Waals surface area contributed by atoms with E-state index in [-0.39, 0.29) is 29.9 Å². The van der Waals surface area contributed by atoms with E-state index in [0.717, 1.165) is 16.8 Å². The summed E-state index contributed by atoms with van der Waals surface area (Å²) in [4.78, 5) is 24.1. The summed E-state index contributed by atoms with van der Waals surface area (Å²) in [7, 11) is -3.02. The summed E-state index contributed by atoms with van der Waals surface area (Å²) < 4.78 is 36.3. The molecule has 0 bridgehead atoms. The molecule has 2 aromatic heterocycles. The summed E-state index contributed by atoms with van der Waals surface area (Å²) in [5, 5.41) is 0.762. The summed E-state index contributed by atoms with van der Waals surface area (Å²) in [6, 6.07) is 9.70. The molecule has 1 aliphatic heterocycles.